The number of nitrogens with zero attached hydrogens (tertiary/aromatic N) is 3. The second kappa shape index (κ2) is 8.54. The lowest BCUT2D eigenvalue weighted by atomic mass is 10.1. The summed E-state index contributed by atoms with van der Waals surface area (Å²) in [6, 6.07) is 6.19. The Morgan fingerprint density at radius 3 is 2.88 bits per heavy atom. The van der Waals surface area contributed by atoms with Gasteiger partial charge in [-0.25, -0.2) is 0 Å². The average Bonchev–Trinajstić information content (AvgIpc) is 3.32. The van der Waals surface area contributed by atoms with E-state index in [4.69, 9.17) is 4.42 Å². The van der Waals surface area contributed by atoms with Crippen LogP contribution in [0.25, 0.3) is 0 Å². The molecule has 1 unspecified atom stereocenters. The molecular weight excluding hydrogens is 304 g/mol. The van der Waals surface area contributed by atoms with Crippen molar-refractivity contribution in [2.45, 2.75) is 31.8 Å². The fourth-order valence-corrected chi connectivity index (χ4v) is 3.10. The highest BCUT2D eigenvalue weighted by molar-refractivity contribution is 5.79. The van der Waals surface area contributed by atoms with Gasteiger partial charge in [-0.3, -0.25) is 15.0 Å². The third-order valence-corrected chi connectivity index (χ3v) is 4.39. The normalized spacial score (nSPS) is 17.6. The summed E-state index contributed by atoms with van der Waals surface area (Å²) in [5.41, 5.74) is 1.02. The largest absolute Gasteiger partial charge is 0.468 e. The van der Waals surface area contributed by atoms with Crippen LogP contribution in [-0.4, -0.2) is 47.7 Å². The third-order valence-electron chi connectivity index (χ3n) is 4.39. The highest BCUT2D eigenvalue weighted by atomic mass is 16.3. The predicted molar refractivity (Wildman–Crippen MR) is 93.7 cm³/mol. The molecule has 1 aliphatic rings. The van der Waals surface area contributed by atoms with Crippen molar-refractivity contribution in [3.05, 3.63) is 42.1 Å². The first-order valence-electron chi connectivity index (χ1n) is 8.57. The van der Waals surface area contributed by atoms with Gasteiger partial charge in [0.25, 0.3) is 0 Å². The fourth-order valence-electron chi connectivity index (χ4n) is 3.10. The van der Waals surface area contributed by atoms with Gasteiger partial charge in [-0.1, -0.05) is 6.42 Å². The summed E-state index contributed by atoms with van der Waals surface area (Å²) in [5, 5.41) is 13.6. The zero-order valence-electron chi connectivity index (χ0n) is 14.2. The van der Waals surface area contributed by atoms with Crippen LogP contribution >= 0.6 is 0 Å². The number of H-pyrrole nitrogens is 1. The molecule has 1 aliphatic heterocycles. The number of rotatable bonds is 6. The summed E-state index contributed by atoms with van der Waals surface area (Å²) in [5.74, 6) is 1.78. The van der Waals surface area contributed by atoms with E-state index in [-0.39, 0.29) is 6.04 Å². The Bertz CT molecular complexity index is 601. The molecule has 3 rings (SSSR count). The first kappa shape index (κ1) is 16.6. The molecule has 7 heteroatoms. The van der Waals surface area contributed by atoms with Crippen molar-refractivity contribution in [2.75, 3.05) is 26.7 Å². The molecule has 0 spiro atoms. The van der Waals surface area contributed by atoms with Gasteiger partial charge in [-0.05, 0) is 44.1 Å². The molecule has 3 heterocycles. The molecule has 130 valence electrons. The van der Waals surface area contributed by atoms with Crippen LogP contribution in [-0.2, 0) is 6.54 Å². The Morgan fingerprint density at radius 2 is 2.21 bits per heavy atom. The van der Waals surface area contributed by atoms with Gasteiger partial charge in [-0.2, -0.15) is 5.10 Å². The minimum absolute atomic E-state index is 0.228. The zero-order chi connectivity index (χ0) is 16.6. The van der Waals surface area contributed by atoms with Gasteiger partial charge in [0, 0.05) is 19.8 Å². The highest BCUT2D eigenvalue weighted by Gasteiger charge is 2.24. The van der Waals surface area contributed by atoms with E-state index in [1.165, 1.54) is 19.3 Å². The molecule has 0 radical (unpaired) electrons. The number of likely N-dealkylation sites (tertiary alicyclic amines) is 1. The van der Waals surface area contributed by atoms with E-state index in [0.717, 1.165) is 37.0 Å². The SMILES string of the molecule is CN=C(NCc1ccn[nH]1)NCC(c1ccco1)N1CCCCC1. The summed E-state index contributed by atoms with van der Waals surface area (Å²) in [7, 11) is 1.78. The number of guanidine groups is 1. The molecule has 0 amide bonds. The third kappa shape index (κ3) is 4.38. The molecule has 0 aliphatic carbocycles. The number of furan rings is 1. The van der Waals surface area contributed by atoms with E-state index in [1.54, 1.807) is 19.5 Å². The number of aromatic amines is 1. The van der Waals surface area contributed by atoms with Crippen LogP contribution in [0.3, 0.4) is 0 Å². The second-order valence-electron chi connectivity index (χ2n) is 6.02. The van der Waals surface area contributed by atoms with E-state index in [0.29, 0.717) is 6.54 Å². The second-order valence-corrected chi connectivity index (χ2v) is 6.02. The Hall–Kier alpha value is -2.28. The smallest absolute Gasteiger partial charge is 0.191 e. The van der Waals surface area contributed by atoms with Gasteiger partial charge in [-0.15, -0.1) is 0 Å². The Morgan fingerprint density at radius 1 is 1.33 bits per heavy atom. The molecule has 0 aromatic carbocycles. The van der Waals surface area contributed by atoms with E-state index in [2.05, 4.69) is 36.8 Å². The molecule has 2 aromatic heterocycles. The van der Waals surface area contributed by atoms with Gasteiger partial charge in [0.05, 0.1) is 24.5 Å². The lowest BCUT2D eigenvalue weighted by Gasteiger charge is -2.33. The van der Waals surface area contributed by atoms with Crippen molar-refractivity contribution in [3.63, 3.8) is 0 Å². The highest BCUT2D eigenvalue weighted by Crippen LogP contribution is 2.24. The monoisotopic (exact) mass is 330 g/mol. The molecule has 7 nitrogen and oxygen atoms in total. The van der Waals surface area contributed by atoms with Crippen molar-refractivity contribution in [1.82, 2.24) is 25.7 Å². The fraction of sp³-hybridized carbons (Fsp3) is 0.529. The van der Waals surface area contributed by atoms with E-state index in [9.17, 15) is 0 Å². The van der Waals surface area contributed by atoms with Crippen LogP contribution in [0.4, 0.5) is 0 Å². The summed E-state index contributed by atoms with van der Waals surface area (Å²) >= 11 is 0. The summed E-state index contributed by atoms with van der Waals surface area (Å²) in [6.07, 6.45) is 7.32. The molecule has 1 fully saturated rings. The molecule has 1 atom stereocenters. The van der Waals surface area contributed by atoms with Crippen LogP contribution in [0, 0.1) is 0 Å². The summed E-state index contributed by atoms with van der Waals surface area (Å²) < 4.78 is 5.68. The van der Waals surface area contributed by atoms with Crippen LogP contribution in [0.15, 0.2) is 40.1 Å². The van der Waals surface area contributed by atoms with Gasteiger partial charge in [0.2, 0.25) is 0 Å². The summed E-state index contributed by atoms with van der Waals surface area (Å²) in [4.78, 5) is 6.79. The van der Waals surface area contributed by atoms with Crippen LogP contribution in [0.5, 0.6) is 0 Å². The Labute approximate surface area is 142 Å². The average molecular weight is 330 g/mol. The van der Waals surface area contributed by atoms with Crippen molar-refractivity contribution < 1.29 is 4.42 Å². The topological polar surface area (TPSA) is 81.5 Å². The molecule has 2 aromatic rings. The minimum Gasteiger partial charge on any atom is -0.468 e. The molecule has 0 bridgehead atoms. The van der Waals surface area contributed by atoms with Crippen LogP contribution in [0.2, 0.25) is 0 Å². The molecular formula is C17H26N6O. The van der Waals surface area contributed by atoms with Gasteiger partial charge in [0.15, 0.2) is 5.96 Å². The molecule has 3 N–H and O–H groups in total. The maximum absolute atomic E-state index is 5.68. The van der Waals surface area contributed by atoms with Gasteiger partial charge < -0.3 is 15.1 Å². The quantitative estimate of drug-likeness (QED) is 0.557. The van der Waals surface area contributed by atoms with Crippen molar-refractivity contribution >= 4 is 5.96 Å². The number of aliphatic imine (C=N–C) groups is 1. The number of hydrogen-bond donors (Lipinski definition) is 3. The lowest BCUT2D eigenvalue weighted by Crippen LogP contribution is -2.44. The first-order chi connectivity index (χ1) is 11.9. The van der Waals surface area contributed by atoms with Crippen molar-refractivity contribution in [1.29, 1.82) is 0 Å². The Balaban J connectivity index is 1.57. The number of nitrogens with one attached hydrogen (secondary N) is 3. The van der Waals surface area contributed by atoms with Crippen LogP contribution < -0.4 is 10.6 Å². The summed E-state index contributed by atoms with van der Waals surface area (Å²) in [6.45, 7) is 3.66. The van der Waals surface area contributed by atoms with E-state index in [1.807, 2.05) is 12.1 Å². The molecule has 0 saturated carbocycles. The van der Waals surface area contributed by atoms with E-state index >= 15 is 0 Å². The standard InChI is InChI=1S/C17H26N6O/c1-18-17(19-12-14-7-8-21-22-14)20-13-15(16-6-5-11-24-16)23-9-3-2-4-10-23/h5-8,11,15H,2-4,9-10,12-13H2,1H3,(H,21,22)(H2,18,19,20). The number of aromatic nitrogens is 2. The maximum atomic E-state index is 5.68. The minimum atomic E-state index is 0.228. The number of piperidine rings is 1. The number of hydrogen-bond acceptors (Lipinski definition) is 4. The zero-order valence-corrected chi connectivity index (χ0v) is 14.2. The van der Waals surface area contributed by atoms with Crippen molar-refractivity contribution in [2.24, 2.45) is 4.99 Å². The predicted octanol–water partition coefficient (Wildman–Crippen LogP) is 1.89. The Kier molecular flexibility index (Phi) is 5.90. The molecule has 24 heavy (non-hydrogen) atoms. The van der Waals surface area contributed by atoms with Gasteiger partial charge in [0.1, 0.15) is 5.76 Å². The van der Waals surface area contributed by atoms with Crippen LogP contribution in [0.1, 0.15) is 36.8 Å². The maximum Gasteiger partial charge on any atom is 0.191 e. The van der Waals surface area contributed by atoms with E-state index < -0.39 is 0 Å². The van der Waals surface area contributed by atoms with Gasteiger partial charge >= 0.3 is 0 Å². The van der Waals surface area contributed by atoms with Crippen molar-refractivity contribution in [3.8, 4) is 0 Å². The first-order valence-corrected chi connectivity index (χ1v) is 8.57. The lowest BCUT2D eigenvalue weighted by molar-refractivity contribution is 0.146. The molecule has 1 saturated heterocycles.